The van der Waals surface area contributed by atoms with Gasteiger partial charge >= 0.3 is 0 Å². The first-order valence-corrected chi connectivity index (χ1v) is 10.9. The minimum atomic E-state index is -3.84. The highest BCUT2D eigenvalue weighted by atomic mass is 79.9. The molecule has 0 saturated carbocycles. The average Bonchev–Trinajstić information content (AvgIpc) is 2.65. The molecule has 0 aliphatic rings. The van der Waals surface area contributed by atoms with Crippen LogP contribution < -0.4 is 20.5 Å². The Hall–Kier alpha value is -2.40. The van der Waals surface area contributed by atoms with E-state index in [4.69, 9.17) is 21.5 Å². The Balaban J connectivity index is 1.87. The fraction of sp³-hybridized carbons (Fsp3) is 0.111. The molecule has 3 aromatic rings. The summed E-state index contributed by atoms with van der Waals surface area (Å²) in [5, 5.41) is 11.8. The lowest BCUT2D eigenvalue weighted by molar-refractivity contribution is 0.415. The Kier molecular flexibility index (Phi) is 6.27. The van der Waals surface area contributed by atoms with Crippen molar-refractivity contribution in [2.75, 3.05) is 17.7 Å². The van der Waals surface area contributed by atoms with Gasteiger partial charge in [-0.15, -0.1) is 0 Å². The van der Waals surface area contributed by atoms with E-state index in [-0.39, 0.29) is 10.8 Å². The zero-order valence-electron chi connectivity index (χ0n) is 15.4. The highest BCUT2D eigenvalue weighted by molar-refractivity contribution is 9.10. The zero-order chi connectivity index (χ0) is 21.2. The summed E-state index contributed by atoms with van der Waals surface area (Å²) in [6.07, 6.45) is 1.57. The lowest BCUT2D eigenvalue weighted by Gasteiger charge is -2.12. The molecular formula is C18H17BrClN5O3S. The van der Waals surface area contributed by atoms with Gasteiger partial charge in [0, 0.05) is 17.6 Å². The number of halogens is 2. The van der Waals surface area contributed by atoms with Gasteiger partial charge in [0.05, 0.1) is 21.5 Å². The van der Waals surface area contributed by atoms with Crippen molar-refractivity contribution in [1.82, 2.24) is 9.97 Å². The molecule has 0 fully saturated rings. The number of ether oxygens (including phenoxy) is 1. The molecule has 0 bridgehead atoms. The van der Waals surface area contributed by atoms with Crippen LogP contribution in [0, 0.1) is 6.92 Å². The van der Waals surface area contributed by atoms with Gasteiger partial charge in [0.2, 0.25) is 16.0 Å². The SMILES string of the molecule is COc1ccc(Nc2nc(Nc3ccc(C)c(S(N)(=O)=O)c3)ncc2Br)cc1Cl. The molecule has 11 heteroatoms. The molecule has 0 aliphatic heterocycles. The Labute approximate surface area is 181 Å². The van der Waals surface area contributed by atoms with Crippen LogP contribution in [0.15, 0.2) is 52.0 Å². The summed E-state index contributed by atoms with van der Waals surface area (Å²) in [6, 6.07) is 10.0. The van der Waals surface area contributed by atoms with Crippen molar-refractivity contribution >= 4 is 60.7 Å². The quantitative estimate of drug-likeness (QED) is 0.462. The Bertz CT molecular complexity index is 1170. The minimum absolute atomic E-state index is 0.0332. The maximum Gasteiger partial charge on any atom is 0.238 e. The van der Waals surface area contributed by atoms with E-state index in [9.17, 15) is 8.42 Å². The molecule has 8 nitrogen and oxygen atoms in total. The number of benzene rings is 2. The number of nitrogens with zero attached hydrogens (tertiary/aromatic N) is 2. The number of sulfonamides is 1. The van der Waals surface area contributed by atoms with E-state index in [0.717, 1.165) is 0 Å². The van der Waals surface area contributed by atoms with Crippen LogP contribution in [0.1, 0.15) is 5.56 Å². The van der Waals surface area contributed by atoms with Gasteiger partial charge in [0.1, 0.15) is 11.6 Å². The van der Waals surface area contributed by atoms with Crippen molar-refractivity contribution in [3.63, 3.8) is 0 Å². The summed E-state index contributed by atoms with van der Waals surface area (Å²) in [7, 11) is -2.30. The summed E-state index contributed by atoms with van der Waals surface area (Å²) < 4.78 is 29.2. The number of anilines is 4. The van der Waals surface area contributed by atoms with E-state index in [0.29, 0.717) is 38.0 Å². The molecule has 0 aliphatic carbocycles. The second kappa shape index (κ2) is 8.54. The van der Waals surface area contributed by atoms with Crippen LogP contribution in [0.5, 0.6) is 5.75 Å². The molecule has 4 N–H and O–H groups in total. The van der Waals surface area contributed by atoms with Crippen molar-refractivity contribution in [3.05, 3.63) is 57.7 Å². The average molecular weight is 499 g/mol. The molecule has 0 spiro atoms. The molecule has 1 heterocycles. The monoisotopic (exact) mass is 497 g/mol. The molecule has 29 heavy (non-hydrogen) atoms. The van der Waals surface area contributed by atoms with Gasteiger partial charge in [0.15, 0.2) is 0 Å². The third-order valence-electron chi connectivity index (χ3n) is 3.91. The fourth-order valence-electron chi connectivity index (χ4n) is 2.51. The minimum Gasteiger partial charge on any atom is -0.495 e. The molecule has 0 unspecified atom stereocenters. The van der Waals surface area contributed by atoms with Gasteiger partial charge in [-0.2, -0.15) is 4.98 Å². The van der Waals surface area contributed by atoms with E-state index < -0.39 is 10.0 Å². The van der Waals surface area contributed by atoms with E-state index in [1.165, 1.54) is 6.07 Å². The fourth-order valence-corrected chi connectivity index (χ4v) is 3.87. The third kappa shape index (κ3) is 5.15. The van der Waals surface area contributed by atoms with Gasteiger partial charge in [-0.05, 0) is 58.7 Å². The number of primary sulfonamides is 1. The molecule has 2 aromatic carbocycles. The summed E-state index contributed by atoms with van der Waals surface area (Å²) in [5.74, 6) is 1.31. The summed E-state index contributed by atoms with van der Waals surface area (Å²) in [6.45, 7) is 1.67. The smallest absolute Gasteiger partial charge is 0.238 e. The van der Waals surface area contributed by atoms with Crippen LogP contribution in [-0.4, -0.2) is 25.5 Å². The number of aryl methyl sites for hydroxylation is 1. The zero-order valence-corrected chi connectivity index (χ0v) is 18.6. The molecule has 0 atom stereocenters. The number of hydrogen-bond acceptors (Lipinski definition) is 7. The van der Waals surface area contributed by atoms with Crippen molar-refractivity contribution in [2.24, 2.45) is 5.14 Å². The lowest BCUT2D eigenvalue weighted by Crippen LogP contribution is -2.14. The van der Waals surface area contributed by atoms with Crippen molar-refractivity contribution in [2.45, 2.75) is 11.8 Å². The van der Waals surface area contributed by atoms with Gasteiger partial charge in [-0.3, -0.25) is 0 Å². The predicted octanol–water partition coefficient (Wildman–Crippen LogP) is 4.34. The number of nitrogens with one attached hydrogen (secondary N) is 2. The topological polar surface area (TPSA) is 119 Å². The Morgan fingerprint density at radius 2 is 1.83 bits per heavy atom. The van der Waals surface area contributed by atoms with Gasteiger partial charge < -0.3 is 15.4 Å². The van der Waals surface area contributed by atoms with Crippen LogP contribution >= 0.6 is 27.5 Å². The maximum absolute atomic E-state index is 11.7. The van der Waals surface area contributed by atoms with Gasteiger partial charge in [0.25, 0.3) is 0 Å². The lowest BCUT2D eigenvalue weighted by atomic mass is 10.2. The first-order valence-electron chi connectivity index (χ1n) is 8.21. The van der Waals surface area contributed by atoms with Crippen molar-refractivity contribution < 1.29 is 13.2 Å². The number of aromatic nitrogens is 2. The van der Waals surface area contributed by atoms with Crippen molar-refractivity contribution in [1.29, 1.82) is 0 Å². The molecule has 152 valence electrons. The van der Waals surface area contributed by atoms with Crippen LogP contribution in [0.25, 0.3) is 0 Å². The predicted molar refractivity (Wildman–Crippen MR) is 117 cm³/mol. The second-order valence-corrected chi connectivity index (χ2v) is 8.81. The molecule has 1 aromatic heterocycles. The van der Waals surface area contributed by atoms with Crippen LogP contribution in [-0.2, 0) is 10.0 Å². The second-order valence-electron chi connectivity index (χ2n) is 6.01. The van der Waals surface area contributed by atoms with Gasteiger partial charge in [-0.1, -0.05) is 17.7 Å². The molecule has 3 rings (SSSR count). The standard InChI is InChI=1S/C18H17BrClN5O3S/c1-10-3-4-12(8-16(10)29(21,26)27)24-18-22-9-13(19)17(25-18)23-11-5-6-15(28-2)14(20)7-11/h3-9H,1-2H3,(H2,21,26,27)(H2,22,23,24,25). The number of rotatable bonds is 6. The molecule has 0 saturated heterocycles. The Morgan fingerprint density at radius 1 is 1.14 bits per heavy atom. The van der Waals surface area contributed by atoms with E-state index in [1.54, 1.807) is 50.6 Å². The normalized spacial score (nSPS) is 11.2. The van der Waals surface area contributed by atoms with Crippen LogP contribution in [0.2, 0.25) is 5.02 Å². The summed E-state index contributed by atoms with van der Waals surface area (Å²) in [5.41, 5.74) is 1.74. The molecule has 0 radical (unpaired) electrons. The van der Waals surface area contributed by atoms with Crippen LogP contribution in [0.3, 0.4) is 0 Å². The summed E-state index contributed by atoms with van der Waals surface area (Å²) in [4.78, 5) is 8.65. The van der Waals surface area contributed by atoms with Gasteiger partial charge in [-0.25, -0.2) is 18.5 Å². The maximum atomic E-state index is 11.7. The van der Waals surface area contributed by atoms with Crippen LogP contribution in [0.4, 0.5) is 23.1 Å². The molecular weight excluding hydrogens is 482 g/mol. The third-order valence-corrected chi connectivity index (χ3v) is 5.84. The van der Waals surface area contributed by atoms with Crippen molar-refractivity contribution in [3.8, 4) is 5.75 Å². The van der Waals surface area contributed by atoms with E-state index in [1.807, 2.05) is 0 Å². The largest absolute Gasteiger partial charge is 0.495 e. The number of nitrogens with two attached hydrogens (primary N) is 1. The molecule has 0 amide bonds. The number of methoxy groups -OCH3 is 1. The van der Waals surface area contributed by atoms with E-state index in [2.05, 4.69) is 36.5 Å². The highest BCUT2D eigenvalue weighted by Crippen LogP contribution is 2.31. The highest BCUT2D eigenvalue weighted by Gasteiger charge is 2.13. The number of hydrogen-bond donors (Lipinski definition) is 3. The first-order chi connectivity index (χ1) is 13.7. The summed E-state index contributed by atoms with van der Waals surface area (Å²) >= 11 is 9.56. The first kappa shape index (κ1) is 21.3. The Morgan fingerprint density at radius 3 is 2.48 bits per heavy atom. The van der Waals surface area contributed by atoms with E-state index >= 15 is 0 Å².